The lowest BCUT2D eigenvalue weighted by atomic mass is 10.0. The molecule has 0 unspecified atom stereocenters. The van der Waals surface area contributed by atoms with Crippen LogP contribution in [0.25, 0.3) is 11.1 Å². The Morgan fingerprint density at radius 3 is 2.81 bits per heavy atom. The molecule has 0 spiro atoms. The summed E-state index contributed by atoms with van der Waals surface area (Å²) in [5.74, 6) is -0.182. The van der Waals surface area contributed by atoms with Gasteiger partial charge < -0.3 is 5.10 Å². The summed E-state index contributed by atoms with van der Waals surface area (Å²) in [7, 11) is 0. The molecule has 3 rings (SSSR count). The normalized spacial score (nSPS) is 11.0. The van der Waals surface area contributed by atoms with Gasteiger partial charge in [0.1, 0.15) is 5.82 Å². The molecule has 2 N–H and O–H groups in total. The van der Waals surface area contributed by atoms with E-state index in [9.17, 15) is 9.18 Å². The highest BCUT2D eigenvalue weighted by atomic mass is 19.1. The van der Waals surface area contributed by atoms with Crippen LogP contribution in [0.1, 0.15) is 18.2 Å². The number of aromatic nitrogens is 4. The molecule has 1 aromatic carbocycles. The molecule has 0 saturated heterocycles. The molecule has 6 heteroatoms. The fraction of sp³-hybridized carbons (Fsp3) is 0.200. The highest BCUT2D eigenvalue weighted by Gasteiger charge is 2.07. The Labute approximate surface area is 120 Å². The zero-order valence-electron chi connectivity index (χ0n) is 11.6. The number of halogens is 1. The van der Waals surface area contributed by atoms with Crippen LogP contribution in [-0.4, -0.2) is 20.0 Å². The first kappa shape index (κ1) is 13.4. The Kier molecular flexibility index (Phi) is 3.43. The molecule has 0 saturated carbocycles. The predicted octanol–water partition coefficient (Wildman–Crippen LogP) is 2.32. The summed E-state index contributed by atoms with van der Waals surface area (Å²) < 4.78 is 15.2. The van der Waals surface area contributed by atoms with Gasteiger partial charge in [-0.05, 0) is 29.7 Å². The Morgan fingerprint density at radius 1 is 1.24 bits per heavy atom. The quantitative estimate of drug-likeness (QED) is 0.773. The average Bonchev–Trinajstić information content (AvgIpc) is 3.09. The van der Waals surface area contributed by atoms with Crippen LogP contribution in [0.15, 0.2) is 41.5 Å². The van der Waals surface area contributed by atoms with Gasteiger partial charge in [-0.3, -0.25) is 14.6 Å². The van der Waals surface area contributed by atoms with Gasteiger partial charge in [-0.25, -0.2) is 4.39 Å². The predicted molar refractivity (Wildman–Crippen MR) is 77.5 cm³/mol. The second-order valence-corrected chi connectivity index (χ2v) is 4.87. The lowest BCUT2D eigenvalue weighted by Crippen LogP contribution is -2.00. The summed E-state index contributed by atoms with van der Waals surface area (Å²) in [4.78, 5) is 11.1. The van der Waals surface area contributed by atoms with Crippen molar-refractivity contribution in [1.29, 1.82) is 0 Å². The highest BCUT2D eigenvalue weighted by Crippen LogP contribution is 2.22. The molecule has 3 aromatic rings. The van der Waals surface area contributed by atoms with E-state index in [2.05, 4.69) is 15.3 Å². The molecular formula is C15H15FN4O. The molecule has 5 nitrogen and oxygen atoms in total. The second-order valence-electron chi connectivity index (χ2n) is 4.87. The molecule has 0 aliphatic rings. The first-order chi connectivity index (χ1) is 10.2. The highest BCUT2D eigenvalue weighted by molar-refractivity contribution is 5.62. The van der Waals surface area contributed by atoms with Gasteiger partial charge in [0.15, 0.2) is 0 Å². The Bertz CT molecular complexity index is 815. The third-order valence-electron chi connectivity index (χ3n) is 3.38. The minimum atomic E-state index is -0.182. The van der Waals surface area contributed by atoms with Crippen LogP contribution in [0, 0.1) is 5.82 Å². The third-order valence-corrected chi connectivity index (χ3v) is 3.38. The number of H-pyrrole nitrogens is 2. The first-order valence-corrected chi connectivity index (χ1v) is 6.73. The monoisotopic (exact) mass is 286 g/mol. The van der Waals surface area contributed by atoms with Gasteiger partial charge in [0.25, 0.3) is 5.56 Å². The van der Waals surface area contributed by atoms with E-state index in [1.807, 2.05) is 19.2 Å². The van der Waals surface area contributed by atoms with Gasteiger partial charge in [-0.1, -0.05) is 13.0 Å². The van der Waals surface area contributed by atoms with E-state index in [0.717, 1.165) is 16.8 Å². The van der Waals surface area contributed by atoms with Crippen molar-refractivity contribution in [2.24, 2.45) is 0 Å². The maximum Gasteiger partial charge on any atom is 0.264 e. The van der Waals surface area contributed by atoms with Gasteiger partial charge in [0.2, 0.25) is 0 Å². The van der Waals surface area contributed by atoms with E-state index >= 15 is 0 Å². The summed E-state index contributed by atoms with van der Waals surface area (Å²) in [6.07, 6.45) is 4.26. The summed E-state index contributed by atoms with van der Waals surface area (Å²) in [6, 6.07) is 6.56. The number of nitrogens with zero attached hydrogens (tertiary/aromatic N) is 2. The van der Waals surface area contributed by atoms with Crippen LogP contribution < -0.4 is 5.56 Å². The van der Waals surface area contributed by atoms with Crippen LogP contribution in [0.2, 0.25) is 0 Å². The van der Waals surface area contributed by atoms with Crippen molar-refractivity contribution in [2.45, 2.75) is 19.9 Å². The molecule has 0 radical (unpaired) electrons. The van der Waals surface area contributed by atoms with Crippen molar-refractivity contribution in [3.05, 3.63) is 64.1 Å². The summed E-state index contributed by atoms with van der Waals surface area (Å²) in [5, 5.41) is 9.53. The van der Waals surface area contributed by atoms with Crippen LogP contribution in [0.4, 0.5) is 4.39 Å². The topological polar surface area (TPSA) is 66.5 Å². The smallest absolute Gasteiger partial charge is 0.264 e. The molecule has 108 valence electrons. The van der Waals surface area contributed by atoms with Crippen molar-refractivity contribution in [3.63, 3.8) is 0 Å². The number of nitrogens with one attached hydrogen (secondary N) is 2. The number of benzene rings is 1. The van der Waals surface area contributed by atoms with Crippen LogP contribution in [0.5, 0.6) is 0 Å². The Balaban J connectivity index is 1.86. The SMILES string of the molecule is CCc1cc(-c2cnn(Cc3cc(=O)[nH][nH]3)c2)ccc1F. The van der Waals surface area contributed by atoms with Gasteiger partial charge in [-0.2, -0.15) is 5.10 Å². The molecule has 0 aliphatic heterocycles. The fourth-order valence-corrected chi connectivity index (χ4v) is 2.26. The minimum absolute atomic E-state index is 0.163. The lowest BCUT2D eigenvalue weighted by Gasteiger charge is -2.03. The minimum Gasteiger partial charge on any atom is -0.300 e. The average molecular weight is 286 g/mol. The zero-order valence-corrected chi connectivity index (χ0v) is 11.6. The summed E-state index contributed by atoms with van der Waals surface area (Å²) in [5.41, 5.74) is 3.13. The fourth-order valence-electron chi connectivity index (χ4n) is 2.26. The number of hydrogen-bond acceptors (Lipinski definition) is 2. The van der Waals surface area contributed by atoms with Gasteiger partial charge in [0, 0.05) is 17.8 Å². The molecule has 0 amide bonds. The first-order valence-electron chi connectivity index (χ1n) is 6.73. The van der Waals surface area contributed by atoms with Gasteiger partial charge in [-0.15, -0.1) is 0 Å². The molecule has 0 aliphatic carbocycles. The van der Waals surface area contributed by atoms with E-state index in [4.69, 9.17) is 0 Å². The van der Waals surface area contributed by atoms with Crippen molar-refractivity contribution < 1.29 is 4.39 Å². The molecule has 21 heavy (non-hydrogen) atoms. The van der Waals surface area contributed by atoms with Crippen molar-refractivity contribution >= 4 is 0 Å². The van der Waals surface area contributed by atoms with Crippen LogP contribution in [-0.2, 0) is 13.0 Å². The van der Waals surface area contributed by atoms with Crippen molar-refractivity contribution in [3.8, 4) is 11.1 Å². The van der Waals surface area contributed by atoms with Crippen LogP contribution in [0.3, 0.4) is 0 Å². The Hall–Kier alpha value is -2.63. The van der Waals surface area contributed by atoms with Gasteiger partial charge in [0.05, 0.1) is 18.4 Å². The molecule has 0 bridgehead atoms. The lowest BCUT2D eigenvalue weighted by molar-refractivity contribution is 0.612. The van der Waals surface area contributed by atoms with E-state index < -0.39 is 0 Å². The van der Waals surface area contributed by atoms with E-state index in [-0.39, 0.29) is 11.4 Å². The van der Waals surface area contributed by atoms with E-state index in [1.165, 1.54) is 12.1 Å². The number of aryl methyl sites for hydroxylation is 1. The number of rotatable bonds is 4. The number of hydrogen-bond donors (Lipinski definition) is 2. The maximum atomic E-state index is 13.5. The van der Waals surface area contributed by atoms with Crippen molar-refractivity contribution in [1.82, 2.24) is 20.0 Å². The zero-order chi connectivity index (χ0) is 14.8. The maximum absolute atomic E-state index is 13.5. The Morgan fingerprint density at radius 2 is 2.10 bits per heavy atom. The summed E-state index contributed by atoms with van der Waals surface area (Å²) >= 11 is 0. The molecule has 2 aromatic heterocycles. The third kappa shape index (κ3) is 2.79. The van der Waals surface area contributed by atoms with Crippen molar-refractivity contribution in [2.75, 3.05) is 0 Å². The van der Waals surface area contributed by atoms with E-state index in [0.29, 0.717) is 18.5 Å². The second kappa shape index (κ2) is 5.40. The van der Waals surface area contributed by atoms with Crippen LogP contribution >= 0.6 is 0 Å². The van der Waals surface area contributed by atoms with E-state index in [1.54, 1.807) is 16.9 Å². The molecule has 2 heterocycles. The molecular weight excluding hydrogens is 271 g/mol. The number of aromatic amines is 2. The largest absolute Gasteiger partial charge is 0.300 e. The standard InChI is InChI=1S/C15H15FN4O/c1-2-10-5-11(3-4-14(10)16)12-7-17-20(8-12)9-13-6-15(21)19-18-13/h3-8H,2,9H2,1H3,(H2,18,19,21). The van der Waals surface area contributed by atoms with Gasteiger partial charge >= 0.3 is 0 Å². The molecule has 0 atom stereocenters. The summed E-state index contributed by atoms with van der Waals surface area (Å²) in [6.45, 7) is 2.40. The molecule has 0 fully saturated rings.